The number of nitrogens with zero attached hydrogens (tertiary/aromatic N) is 1. The van der Waals surface area contributed by atoms with E-state index in [1.54, 1.807) is 7.11 Å². The number of carbonyl (C=O) groups is 2. The average Bonchev–Trinajstić information content (AvgIpc) is 2.93. The number of aromatic carboxylic acids is 1. The van der Waals surface area contributed by atoms with E-state index in [2.05, 4.69) is 10.3 Å². The summed E-state index contributed by atoms with van der Waals surface area (Å²) >= 11 is 6.97. The standard InChI is InChI=1S/C18H16ClN3O4S/c1-8-5-9(7-26-2)13-14(20)15(27-17(13)21-8)16(23)22-10-3-4-12(19)11(6-10)18(24)25/h3-6H,7,20H2,1-2H3,(H,22,23)(H,24,25)/p-1. The molecule has 0 radical (unpaired) electrons. The van der Waals surface area contributed by atoms with Crippen molar-refractivity contribution in [2.24, 2.45) is 0 Å². The van der Waals surface area contributed by atoms with Crippen molar-refractivity contribution < 1.29 is 19.4 Å². The highest BCUT2D eigenvalue weighted by Gasteiger charge is 2.20. The van der Waals surface area contributed by atoms with Crippen LogP contribution in [0.15, 0.2) is 24.3 Å². The number of rotatable bonds is 5. The zero-order valence-corrected chi connectivity index (χ0v) is 16.0. The van der Waals surface area contributed by atoms with Gasteiger partial charge in [0.15, 0.2) is 0 Å². The molecule has 3 N–H and O–H groups in total. The summed E-state index contributed by atoms with van der Waals surface area (Å²) < 4.78 is 5.20. The SMILES string of the molecule is COCc1cc(C)nc2sc(C(=O)Nc3ccc(Cl)c(C(=O)[O-])c3)c(N)c12. The van der Waals surface area contributed by atoms with Crippen molar-refractivity contribution in [2.45, 2.75) is 13.5 Å². The molecule has 2 aromatic heterocycles. The summed E-state index contributed by atoms with van der Waals surface area (Å²) in [6, 6.07) is 5.97. The summed E-state index contributed by atoms with van der Waals surface area (Å²) in [7, 11) is 1.58. The summed E-state index contributed by atoms with van der Waals surface area (Å²) in [6.07, 6.45) is 0. The molecule has 140 valence electrons. The van der Waals surface area contributed by atoms with E-state index in [4.69, 9.17) is 22.1 Å². The molecule has 0 saturated carbocycles. The van der Waals surface area contributed by atoms with Crippen LogP contribution in [0.25, 0.3) is 10.2 Å². The number of benzene rings is 1. The Morgan fingerprint density at radius 1 is 1.37 bits per heavy atom. The molecule has 7 nitrogen and oxygen atoms in total. The van der Waals surface area contributed by atoms with Crippen LogP contribution in [0.5, 0.6) is 0 Å². The molecule has 2 heterocycles. The monoisotopic (exact) mass is 404 g/mol. The summed E-state index contributed by atoms with van der Waals surface area (Å²) in [5, 5.41) is 14.4. The van der Waals surface area contributed by atoms with Gasteiger partial charge in [0, 0.05) is 34.5 Å². The third kappa shape index (κ3) is 3.73. The van der Waals surface area contributed by atoms with E-state index in [-0.39, 0.29) is 21.2 Å². The number of aryl methyl sites for hydroxylation is 1. The Hall–Kier alpha value is -2.68. The first-order valence-corrected chi connectivity index (χ1v) is 9.01. The lowest BCUT2D eigenvalue weighted by Crippen LogP contribution is -2.23. The number of fused-ring (bicyclic) bond motifs is 1. The highest BCUT2D eigenvalue weighted by Crippen LogP contribution is 2.36. The minimum Gasteiger partial charge on any atom is -0.545 e. The fraction of sp³-hybridized carbons (Fsp3) is 0.167. The molecule has 0 bridgehead atoms. The molecule has 0 spiro atoms. The van der Waals surface area contributed by atoms with Gasteiger partial charge in [-0.25, -0.2) is 4.98 Å². The maximum Gasteiger partial charge on any atom is 0.267 e. The van der Waals surface area contributed by atoms with E-state index in [1.165, 1.54) is 18.2 Å². The molecule has 1 aromatic carbocycles. The lowest BCUT2D eigenvalue weighted by molar-refractivity contribution is -0.255. The second kappa shape index (κ2) is 7.51. The van der Waals surface area contributed by atoms with Crippen molar-refractivity contribution in [1.82, 2.24) is 4.98 Å². The number of halogens is 1. The van der Waals surface area contributed by atoms with Crippen molar-refractivity contribution in [3.63, 3.8) is 0 Å². The fourth-order valence-corrected chi connectivity index (χ4v) is 4.00. The van der Waals surface area contributed by atoms with Crippen LogP contribution in [0, 0.1) is 6.92 Å². The number of nitrogens with two attached hydrogens (primary N) is 1. The molecule has 27 heavy (non-hydrogen) atoms. The number of thiophene rings is 1. The Morgan fingerprint density at radius 3 is 2.78 bits per heavy atom. The van der Waals surface area contributed by atoms with Crippen molar-refractivity contribution in [1.29, 1.82) is 0 Å². The van der Waals surface area contributed by atoms with Crippen LogP contribution >= 0.6 is 22.9 Å². The minimum atomic E-state index is -1.43. The molecular formula is C18H15ClN3O4S-. The summed E-state index contributed by atoms with van der Waals surface area (Å²) in [5.74, 6) is -1.90. The van der Waals surface area contributed by atoms with E-state index < -0.39 is 11.9 Å². The van der Waals surface area contributed by atoms with E-state index in [1.807, 2.05) is 13.0 Å². The van der Waals surface area contributed by atoms with E-state index >= 15 is 0 Å². The fourth-order valence-electron chi connectivity index (χ4n) is 2.72. The molecule has 0 unspecified atom stereocenters. The van der Waals surface area contributed by atoms with Gasteiger partial charge >= 0.3 is 0 Å². The van der Waals surface area contributed by atoms with Gasteiger partial charge in [-0.1, -0.05) is 11.6 Å². The summed E-state index contributed by atoms with van der Waals surface area (Å²) in [5.41, 5.74) is 8.20. The average molecular weight is 405 g/mol. The Balaban J connectivity index is 1.99. The van der Waals surface area contributed by atoms with Gasteiger partial charge in [0.2, 0.25) is 0 Å². The number of carbonyl (C=O) groups excluding carboxylic acids is 2. The van der Waals surface area contributed by atoms with Crippen LogP contribution in [0.3, 0.4) is 0 Å². The van der Waals surface area contributed by atoms with Gasteiger partial charge in [-0.2, -0.15) is 0 Å². The number of nitrogens with one attached hydrogen (secondary N) is 1. The lowest BCUT2D eigenvalue weighted by atomic mass is 10.1. The maximum absolute atomic E-state index is 12.7. The lowest BCUT2D eigenvalue weighted by Gasteiger charge is -2.09. The third-order valence-corrected chi connectivity index (χ3v) is 5.29. The van der Waals surface area contributed by atoms with Gasteiger partial charge in [-0.05, 0) is 36.8 Å². The van der Waals surface area contributed by atoms with Crippen molar-refractivity contribution >= 4 is 56.4 Å². The maximum atomic E-state index is 12.7. The molecule has 1 amide bonds. The number of aromatic nitrogens is 1. The van der Waals surface area contributed by atoms with Crippen LogP contribution in [-0.4, -0.2) is 24.0 Å². The highest BCUT2D eigenvalue weighted by atomic mass is 35.5. The number of hydrogen-bond acceptors (Lipinski definition) is 7. The summed E-state index contributed by atoms with van der Waals surface area (Å²) in [4.78, 5) is 29.1. The van der Waals surface area contributed by atoms with Gasteiger partial charge in [-0.3, -0.25) is 4.79 Å². The normalized spacial score (nSPS) is 10.9. The van der Waals surface area contributed by atoms with E-state index in [9.17, 15) is 14.7 Å². The topological polar surface area (TPSA) is 117 Å². The molecular weight excluding hydrogens is 390 g/mol. The number of ether oxygens (including phenoxy) is 1. The molecule has 0 saturated heterocycles. The van der Waals surface area contributed by atoms with Crippen molar-refractivity contribution in [3.05, 3.63) is 51.0 Å². The van der Waals surface area contributed by atoms with Crippen LogP contribution < -0.4 is 16.2 Å². The van der Waals surface area contributed by atoms with Crippen LogP contribution in [0.2, 0.25) is 5.02 Å². The van der Waals surface area contributed by atoms with Crippen LogP contribution in [-0.2, 0) is 11.3 Å². The molecule has 9 heteroatoms. The molecule has 0 aliphatic heterocycles. The first kappa shape index (κ1) is 19.1. The zero-order valence-electron chi connectivity index (χ0n) is 14.5. The van der Waals surface area contributed by atoms with E-state index in [0.29, 0.717) is 22.5 Å². The largest absolute Gasteiger partial charge is 0.545 e. The van der Waals surface area contributed by atoms with Crippen LogP contribution in [0.4, 0.5) is 11.4 Å². The predicted octanol–water partition coefficient (Wildman–Crippen LogP) is 2.60. The Bertz CT molecular complexity index is 1060. The zero-order chi connectivity index (χ0) is 19.7. The first-order chi connectivity index (χ1) is 12.8. The third-order valence-electron chi connectivity index (χ3n) is 3.86. The number of anilines is 2. The molecule has 3 aromatic rings. The second-order valence-corrected chi connectivity index (χ2v) is 7.22. The van der Waals surface area contributed by atoms with E-state index in [0.717, 1.165) is 22.6 Å². The van der Waals surface area contributed by atoms with Gasteiger partial charge in [-0.15, -0.1) is 11.3 Å². The molecule has 3 rings (SSSR count). The second-order valence-electron chi connectivity index (χ2n) is 5.82. The first-order valence-electron chi connectivity index (χ1n) is 7.81. The number of hydrogen-bond donors (Lipinski definition) is 2. The number of carboxylic acid groups (broad SMARTS) is 1. The van der Waals surface area contributed by atoms with Gasteiger partial charge < -0.3 is 25.7 Å². The number of pyridine rings is 1. The molecule has 0 aliphatic carbocycles. The minimum absolute atomic E-state index is 0.0262. The quantitative estimate of drug-likeness (QED) is 0.674. The highest BCUT2D eigenvalue weighted by molar-refractivity contribution is 7.21. The number of nitrogen functional groups attached to an aromatic ring is 1. The van der Waals surface area contributed by atoms with Crippen molar-refractivity contribution in [2.75, 3.05) is 18.2 Å². The molecule has 0 fully saturated rings. The number of methoxy groups -OCH3 is 1. The molecule has 0 atom stereocenters. The van der Waals surface area contributed by atoms with Gasteiger partial charge in [0.05, 0.1) is 18.3 Å². The van der Waals surface area contributed by atoms with Crippen molar-refractivity contribution in [3.8, 4) is 0 Å². The predicted molar refractivity (Wildman–Crippen MR) is 103 cm³/mol. The smallest absolute Gasteiger partial charge is 0.267 e. The number of amides is 1. The van der Waals surface area contributed by atoms with Gasteiger partial charge in [0.1, 0.15) is 9.71 Å². The Labute approximate surface area is 163 Å². The summed E-state index contributed by atoms with van der Waals surface area (Å²) in [6.45, 7) is 2.19. The Kier molecular flexibility index (Phi) is 5.31. The molecule has 0 aliphatic rings. The van der Waals surface area contributed by atoms with Crippen LogP contribution in [0.1, 0.15) is 31.3 Å². The number of carboxylic acids is 1. The Morgan fingerprint density at radius 2 is 2.11 bits per heavy atom. The van der Waals surface area contributed by atoms with Gasteiger partial charge in [0.25, 0.3) is 5.91 Å².